The number of amides is 1. The van der Waals surface area contributed by atoms with Crippen LogP contribution in [-0.2, 0) is 9.59 Å². The number of hydrogen-bond donors (Lipinski definition) is 1. The Morgan fingerprint density at radius 3 is 2.92 bits per heavy atom. The Kier molecular flexibility index (Phi) is 6.22. The number of carboxylic acids is 1. The van der Waals surface area contributed by atoms with E-state index >= 15 is 0 Å². The molecular formula is C16H16NO5S2-. The normalized spacial score (nSPS) is 16.0. The van der Waals surface area contributed by atoms with E-state index in [4.69, 9.17) is 17.0 Å². The Bertz CT molecular complexity index is 702. The highest BCUT2D eigenvalue weighted by Gasteiger charge is 2.31. The first-order chi connectivity index (χ1) is 11.4. The summed E-state index contributed by atoms with van der Waals surface area (Å²) in [6.07, 6.45) is 1.83. The van der Waals surface area contributed by atoms with Crippen molar-refractivity contribution in [1.29, 1.82) is 0 Å². The van der Waals surface area contributed by atoms with Crippen molar-refractivity contribution in [3.05, 3.63) is 28.7 Å². The maximum atomic E-state index is 12.4. The number of aromatic hydroxyl groups is 1. The zero-order valence-corrected chi connectivity index (χ0v) is 14.6. The van der Waals surface area contributed by atoms with E-state index in [-0.39, 0.29) is 31.0 Å². The number of ether oxygens (including phenoxy) is 1. The molecule has 1 aliphatic rings. The predicted molar refractivity (Wildman–Crippen MR) is 93.4 cm³/mol. The number of carboxylic acid groups (broad SMARTS) is 1. The molecule has 1 amide bonds. The van der Waals surface area contributed by atoms with Crippen LogP contribution in [0.15, 0.2) is 23.1 Å². The van der Waals surface area contributed by atoms with Crippen LogP contribution >= 0.6 is 24.0 Å². The molecule has 0 spiro atoms. The zero-order valence-electron chi connectivity index (χ0n) is 13.0. The second-order valence-electron chi connectivity index (χ2n) is 4.97. The molecule has 128 valence electrons. The van der Waals surface area contributed by atoms with Gasteiger partial charge >= 0.3 is 0 Å². The average molecular weight is 366 g/mol. The number of thiocarbonyl (C=S) groups is 1. The van der Waals surface area contributed by atoms with Gasteiger partial charge in [0, 0.05) is 12.5 Å². The number of aliphatic carboxylic acids is 1. The van der Waals surface area contributed by atoms with Crippen LogP contribution in [0.1, 0.15) is 25.3 Å². The highest BCUT2D eigenvalue weighted by Crippen LogP contribution is 2.34. The van der Waals surface area contributed by atoms with Gasteiger partial charge in [0.2, 0.25) is 0 Å². The van der Waals surface area contributed by atoms with Crippen molar-refractivity contribution < 1.29 is 24.5 Å². The third kappa shape index (κ3) is 4.48. The van der Waals surface area contributed by atoms with Crippen LogP contribution < -0.4 is 9.84 Å². The summed E-state index contributed by atoms with van der Waals surface area (Å²) < 4.78 is 5.71. The van der Waals surface area contributed by atoms with Crippen LogP contribution in [0.3, 0.4) is 0 Å². The van der Waals surface area contributed by atoms with Crippen molar-refractivity contribution >= 4 is 46.3 Å². The smallest absolute Gasteiger partial charge is 0.266 e. The van der Waals surface area contributed by atoms with E-state index in [1.54, 1.807) is 18.2 Å². The summed E-state index contributed by atoms with van der Waals surface area (Å²) in [6, 6.07) is 4.80. The molecule has 24 heavy (non-hydrogen) atoms. The fourth-order valence-corrected chi connectivity index (χ4v) is 3.43. The van der Waals surface area contributed by atoms with Crippen LogP contribution in [0, 0.1) is 0 Å². The second-order valence-corrected chi connectivity index (χ2v) is 6.64. The summed E-state index contributed by atoms with van der Waals surface area (Å²) >= 11 is 6.34. The number of carbonyl (C=O) groups excluding carboxylic acids is 2. The molecule has 1 heterocycles. The van der Waals surface area contributed by atoms with E-state index in [2.05, 4.69) is 0 Å². The Balaban J connectivity index is 2.13. The van der Waals surface area contributed by atoms with E-state index in [1.165, 1.54) is 11.0 Å². The van der Waals surface area contributed by atoms with Gasteiger partial charge < -0.3 is 19.7 Å². The number of hydrogen-bond acceptors (Lipinski definition) is 7. The molecular weight excluding hydrogens is 350 g/mol. The molecule has 0 atom stereocenters. The molecule has 1 aromatic carbocycles. The highest BCUT2D eigenvalue weighted by atomic mass is 32.2. The van der Waals surface area contributed by atoms with Gasteiger partial charge in [-0.15, -0.1) is 0 Å². The van der Waals surface area contributed by atoms with Crippen molar-refractivity contribution in [2.75, 3.05) is 13.2 Å². The quantitative estimate of drug-likeness (QED) is 0.578. The average Bonchev–Trinajstić information content (AvgIpc) is 2.78. The molecule has 1 saturated heterocycles. The lowest BCUT2D eigenvalue weighted by molar-refractivity contribution is -0.305. The SMILES string of the molecule is CCOc1cc(/C=C2/SC(=S)N(CCCC(=O)[O-])C2=O)ccc1O. The van der Waals surface area contributed by atoms with Gasteiger partial charge in [0.15, 0.2) is 11.5 Å². The molecule has 0 aliphatic carbocycles. The number of phenolic OH excluding ortho intramolecular Hbond substituents is 1. The van der Waals surface area contributed by atoms with Gasteiger partial charge in [-0.2, -0.15) is 0 Å². The molecule has 0 aromatic heterocycles. The molecule has 1 N–H and O–H groups in total. The largest absolute Gasteiger partial charge is 0.550 e. The zero-order chi connectivity index (χ0) is 17.7. The molecule has 6 nitrogen and oxygen atoms in total. The fraction of sp³-hybridized carbons (Fsp3) is 0.312. The molecule has 8 heteroatoms. The molecule has 0 saturated carbocycles. The van der Waals surface area contributed by atoms with E-state index < -0.39 is 5.97 Å². The van der Waals surface area contributed by atoms with Crippen molar-refractivity contribution in [1.82, 2.24) is 4.90 Å². The van der Waals surface area contributed by atoms with E-state index in [0.29, 0.717) is 27.1 Å². The number of phenols is 1. The standard InChI is InChI=1S/C16H17NO5S2/c1-2-22-12-8-10(5-6-11(12)18)9-13-15(21)17(16(23)24-13)7-3-4-14(19)20/h5-6,8-9,18H,2-4,7H2,1H3,(H,19,20)/p-1/b13-9+. The maximum Gasteiger partial charge on any atom is 0.266 e. The predicted octanol–water partition coefficient (Wildman–Crippen LogP) is 1.52. The van der Waals surface area contributed by atoms with Gasteiger partial charge in [-0.25, -0.2) is 0 Å². The summed E-state index contributed by atoms with van der Waals surface area (Å²) in [6.45, 7) is 2.47. The van der Waals surface area contributed by atoms with Gasteiger partial charge in [0.1, 0.15) is 4.32 Å². The monoisotopic (exact) mass is 366 g/mol. The van der Waals surface area contributed by atoms with E-state index in [1.807, 2.05) is 6.92 Å². The Hall–Kier alpha value is -2.06. The lowest BCUT2D eigenvalue weighted by atomic mass is 10.2. The number of nitrogens with zero attached hydrogens (tertiary/aromatic N) is 1. The highest BCUT2D eigenvalue weighted by molar-refractivity contribution is 8.26. The first kappa shape index (κ1) is 18.3. The minimum atomic E-state index is -1.15. The fourth-order valence-electron chi connectivity index (χ4n) is 2.12. The third-order valence-electron chi connectivity index (χ3n) is 3.22. The van der Waals surface area contributed by atoms with Gasteiger partial charge in [0.25, 0.3) is 5.91 Å². The molecule has 0 unspecified atom stereocenters. The second kappa shape index (κ2) is 8.16. The first-order valence-corrected chi connectivity index (χ1v) is 8.56. The Labute approximate surface area is 149 Å². The van der Waals surface area contributed by atoms with Gasteiger partial charge in [0.05, 0.1) is 11.5 Å². The van der Waals surface area contributed by atoms with Crippen LogP contribution in [0.2, 0.25) is 0 Å². The van der Waals surface area contributed by atoms with Gasteiger partial charge in [-0.05, 0) is 43.5 Å². The maximum absolute atomic E-state index is 12.4. The summed E-state index contributed by atoms with van der Waals surface area (Å²) in [7, 11) is 0. The van der Waals surface area contributed by atoms with Crippen LogP contribution in [0.4, 0.5) is 0 Å². The topological polar surface area (TPSA) is 89.9 Å². The van der Waals surface area contributed by atoms with Crippen molar-refractivity contribution in [3.8, 4) is 11.5 Å². The molecule has 0 radical (unpaired) electrons. The van der Waals surface area contributed by atoms with E-state index in [9.17, 15) is 19.8 Å². The Morgan fingerprint density at radius 2 is 2.25 bits per heavy atom. The Morgan fingerprint density at radius 1 is 1.50 bits per heavy atom. The summed E-state index contributed by atoms with van der Waals surface area (Å²) in [5.41, 5.74) is 0.700. The minimum Gasteiger partial charge on any atom is -0.550 e. The lowest BCUT2D eigenvalue weighted by Crippen LogP contribution is -2.30. The van der Waals surface area contributed by atoms with Gasteiger partial charge in [-0.3, -0.25) is 9.69 Å². The van der Waals surface area contributed by atoms with Crippen LogP contribution in [0.5, 0.6) is 11.5 Å². The van der Waals surface area contributed by atoms with Crippen molar-refractivity contribution in [2.45, 2.75) is 19.8 Å². The molecule has 1 fully saturated rings. The lowest BCUT2D eigenvalue weighted by Gasteiger charge is -2.14. The third-order valence-corrected chi connectivity index (χ3v) is 4.60. The minimum absolute atomic E-state index is 0.0313. The van der Waals surface area contributed by atoms with Crippen molar-refractivity contribution in [3.63, 3.8) is 0 Å². The molecule has 0 bridgehead atoms. The first-order valence-electron chi connectivity index (χ1n) is 7.33. The van der Waals surface area contributed by atoms with Crippen LogP contribution in [0.25, 0.3) is 6.08 Å². The number of benzene rings is 1. The van der Waals surface area contributed by atoms with Crippen LogP contribution in [-0.4, -0.2) is 39.4 Å². The summed E-state index contributed by atoms with van der Waals surface area (Å²) in [4.78, 5) is 24.7. The molecule has 1 aliphatic heterocycles. The number of thioether (sulfide) groups is 1. The molecule has 1 aromatic rings. The molecule has 2 rings (SSSR count). The van der Waals surface area contributed by atoms with Crippen molar-refractivity contribution in [2.24, 2.45) is 0 Å². The summed E-state index contributed by atoms with van der Waals surface area (Å²) in [5, 5.41) is 20.2. The van der Waals surface area contributed by atoms with E-state index in [0.717, 1.165) is 11.8 Å². The summed E-state index contributed by atoms with van der Waals surface area (Å²) in [5.74, 6) is -1.03. The number of carbonyl (C=O) groups is 2. The van der Waals surface area contributed by atoms with Gasteiger partial charge in [-0.1, -0.05) is 30.0 Å². The number of rotatable bonds is 7.